The lowest BCUT2D eigenvalue weighted by atomic mass is 9.97. The maximum atomic E-state index is 11.2. The molecule has 1 aliphatic rings. The van der Waals surface area contributed by atoms with E-state index in [9.17, 15) is 4.79 Å². The molecule has 1 saturated heterocycles. The predicted octanol–water partition coefficient (Wildman–Crippen LogP) is 2.55. The summed E-state index contributed by atoms with van der Waals surface area (Å²) in [5, 5.41) is 0. The van der Waals surface area contributed by atoms with Gasteiger partial charge in [0.15, 0.2) is 0 Å². The fourth-order valence-electron chi connectivity index (χ4n) is 2.09. The van der Waals surface area contributed by atoms with Crippen molar-refractivity contribution in [3.05, 3.63) is 29.8 Å². The Balaban J connectivity index is 1.77. The zero-order valence-electron chi connectivity index (χ0n) is 11.4. The number of carbonyl (C=O) groups is 1. The van der Waals surface area contributed by atoms with E-state index < -0.39 is 0 Å². The maximum absolute atomic E-state index is 11.2. The Kier molecular flexibility index (Phi) is 4.80. The SMILES string of the molecule is COc1ccc(COC[C@@H]2OC(=O)CC[C@@H]2C)cc1. The van der Waals surface area contributed by atoms with Gasteiger partial charge in [0.25, 0.3) is 0 Å². The molecule has 0 unspecified atom stereocenters. The van der Waals surface area contributed by atoms with Gasteiger partial charge in [-0.2, -0.15) is 0 Å². The summed E-state index contributed by atoms with van der Waals surface area (Å²) in [6, 6.07) is 7.74. The molecule has 1 aliphatic heterocycles. The van der Waals surface area contributed by atoms with Gasteiger partial charge in [0, 0.05) is 6.42 Å². The van der Waals surface area contributed by atoms with Gasteiger partial charge in [0.1, 0.15) is 11.9 Å². The van der Waals surface area contributed by atoms with Crippen LogP contribution in [0.15, 0.2) is 24.3 Å². The molecule has 0 aromatic heterocycles. The third-order valence-electron chi connectivity index (χ3n) is 3.43. The molecule has 0 aliphatic carbocycles. The average molecular weight is 264 g/mol. The summed E-state index contributed by atoms with van der Waals surface area (Å²) in [5.41, 5.74) is 1.08. The van der Waals surface area contributed by atoms with Crippen LogP contribution in [-0.4, -0.2) is 25.8 Å². The van der Waals surface area contributed by atoms with Crippen molar-refractivity contribution in [2.45, 2.75) is 32.5 Å². The zero-order valence-corrected chi connectivity index (χ0v) is 11.4. The molecule has 4 nitrogen and oxygen atoms in total. The van der Waals surface area contributed by atoms with E-state index in [-0.39, 0.29) is 12.1 Å². The first-order valence-corrected chi connectivity index (χ1v) is 6.59. The van der Waals surface area contributed by atoms with Crippen LogP contribution in [0.2, 0.25) is 0 Å². The number of ether oxygens (including phenoxy) is 3. The first-order valence-electron chi connectivity index (χ1n) is 6.59. The van der Waals surface area contributed by atoms with E-state index in [0.717, 1.165) is 17.7 Å². The molecule has 19 heavy (non-hydrogen) atoms. The average Bonchev–Trinajstić information content (AvgIpc) is 2.43. The molecule has 0 radical (unpaired) electrons. The molecule has 0 amide bonds. The minimum atomic E-state index is -0.115. The van der Waals surface area contributed by atoms with Gasteiger partial charge in [-0.1, -0.05) is 19.1 Å². The molecule has 2 rings (SSSR count). The second kappa shape index (κ2) is 6.57. The molecular weight excluding hydrogens is 244 g/mol. The van der Waals surface area contributed by atoms with Crippen LogP contribution in [-0.2, 0) is 20.9 Å². The number of benzene rings is 1. The topological polar surface area (TPSA) is 44.8 Å². The van der Waals surface area contributed by atoms with Gasteiger partial charge in [-0.3, -0.25) is 4.79 Å². The Bertz CT molecular complexity index is 413. The largest absolute Gasteiger partial charge is 0.497 e. The summed E-state index contributed by atoms with van der Waals surface area (Å²) in [6.45, 7) is 3.07. The van der Waals surface area contributed by atoms with E-state index >= 15 is 0 Å². The van der Waals surface area contributed by atoms with Crippen LogP contribution < -0.4 is 4.74 Å². The van der Waals surface area contributed by atoms with Gasteiger partial charge in [0.05, 0.1) is 20.3 Å². The Hall–Kier alpha value is -1.55. The van der Waals surface area contributed by atoms with Crippen LogP contribution in [0.5, 0.6) is 5.75 Å². The molecule has 1 heterocycles. The number of carbonyl (C=O) groups excluding carboxylic acids is 1. The van der Waals surface area contributed by atoms with Crippen molar-refractivity contribution in [1.82, 2.24) is 0 Å². The number of cyclic esters (lactones) is 1. The van der Waals surface area contributed by atoms with Crippen LogP contribution in [0, 0.1) is 5.92 Å². The van der Waals surface area contributed by atoms with E-state index in [4.69, 9.17) is 14.2 Å². The van der Waals surface area contributed by atoms with Crippen LogP contribution >= 0.6 is 0 Å². The number of rotatable bonds is 5. The molecule has 1 fully saturated rings. The van der Waals surface area contributed by atoms with E-state index in [2.05, 4.69) is 6.92 Å². The fourth-order valence-corrected chi connectivity index (χ4v) is 2.09. The van der Waals surface area contributed by atoms with Crippen molar-refractivity contribution < 1.29 is 19.0 Å². The van der Waals surface area contributed by atoms with Gasteiger partial charge in [0.2, 0.25) is 0 Å². The summed E-state index contributed by atoms with van der Waals surface area (Å²) in [7, 11) is 1.64. The number of methoxy groups -OCH3 is 1. The summed E-state index contributed by atoms with van der Waals surface area (Å²) in [6.07, 6.45) is 1.30. The van der Waals surface area contributed by atoms with Crippen molar-refractivity contribution in [2.24, 2.45) is 5.92 Å². The second-order valence-corrected chi connectivity index (χ2v) is 4.91. The van der Waals surface area contributed by atoms with Crippen molar-refractivity contribution in [3.8, 4) is 5.75 Å². The zero-order chi connectivity index (χ0) is 13.7. The van der Waals surface area contributed by atoms with Crippen molar-refractivity contribution >= 4 is 5.97 Å². The highest BCUT2D eigenvalue weighted by molar-refractivity contribution is 5.70. The van der Waals surface area contributed by atoms with Gasteiger partial charge in [-0.05, 0) is 30.0 Å². The Labute approximate surface area is 113 Å². The standard InChI is InChI=1S/C15H20O4/c1-11-3-8-15(16)19-14(11)10-18-9-12-4-6-13(17-2)7-5-12/h4-7,11,14H,3,8-10H2,1-2H3/t11-,14-/m0/s1. The smallest absolute Gasteiger partial charge is 0.306 e. The molecule has 0 N–H and O–H groups in total. The summed E-state index contributed by atoms with van der Waals surface area (Å²) in [4.78, 5) is 11.2. The van der Waals surface area contributed by atoms with Crippen LogP contribution in [0.3, 0.4) is 0 Å². The van der Waals surface area contributed by atoms with Crippen LogP contribution in [0.4, 0.5) is 0 Å². The third-order valence-corrected chi connectivity index (χ3v) is 3.43. The van der Waals surface area contributed by atoms with Gasteiger partial charge >= 0.3 is 5.97 Å². The monoisotopic (exact) mass is 264 g/mol. The lowest BCUT2D eigenvalue weighted by Gasteiger charge is -2.28. The minimum absolute atomic E-state index is 0.112. The van der Waals surface area contributed by atoms with E-state index in [1.807, 2.05) is 24.3 Å². The molecule has 1 aromatic rings. The molecule has 0 saturated carbocycles. The lowest BCUT2D eigenvalue weighted by molar-refractivity contribution is -0.162. The molecule has 0 spiro atoms. The molecular formula is C15H20O4. The highest BCUT2D eigenvalue weighted by Crippen LogP contribution is 2.21. The third kappa shape index (κ3) is 3.96. The Morgan fingerprint density at radius 3 is 2.74 bits per heavy atom. The highest BCUT2D eigenvalue weighted by Gasteiger charge is 2.27. The van der Waals surface area contributed by atoms with Gasteiger partial charge in [-0.15, -0.1) is 0 Å². The molecule has 1 aromatic carbocycles. The van der Waals surface area contributed by atoms with E-state index in [0.29, 0.717) is 25.6 Å². The van der Waals surface area contributed by atoms with Gasteiger partial charge < -0.3 is 14.2 Å². The maximum Gasteiger partial charge on any atom is 0.306 e. The molecule has 104 valence electrons. The minimum Gasteiger partial charge on any atom is -0.497 e. The lowest BCUT2D eigenvalue weighted by Crippen LogP contribution is -2.34. The van der Waals surface area contributed by atoms with Gasteiger partial charge in [-0.25, -0.2) is 0 Å². The van der Waals surface area contributed by atoms with Crippen molar-refractivity contribution in [1.29, 1.82) is 0 Å². The number of hydrogen-bond acceptors (Lipinski definition) is 4. The van der Waals surface area contributed by atoms with Crippen molar-refractivity contribution in [2.75, 3.05) is 13.7 Å². The quantitative estimate of drug-likeness (QED) is 0.767. The van der Waals surface area contributed by atoms with E-state index in [1.54, 1.807) is 7.11 Å². The second-order valence-electron chi connectivity index (χ2n) is 4.91. The number of esters is 1. The first kappa shape index (κ1) is 13.9. The Morgan fingerprint density at radius 1 is 1.32 bits per heavy atom. The fraction of sp³-hybridized carbons (Fsp3) is 0.533. The normalized spacial score (nSPS) is 22.9. The molecule has 2 atom stereocenters. The summed E-state index contributed by atoms with van der Waals surface area (Å²) < 4.78 is 16.0. The van der Waals surface area contributed by atoms with Crippen LogP contribution in [0.1, 0.15) is 25.3 Å². The molecule has 4 heteroatoms. The Morgan fingerprint density at radius 2 is 2.05 bits per heavy atom. The molecule has 0 bridgehead atoms. The predicted molar refractivity (Wildman–Crippen MR) is 70.9 cm³/mol. The van der Waals surface area contributed by atoms with E-state index in [1.165, 1.54) is 0 Å². The first-order chi connectivity index (χ1) is 9.19. The highest BCUT2D eigenvalue weighted by atomic mass is 16.6. The summed E-state index contributed by atoms with van der Waals surface area (Å²) in [5.74, 6) is 1.09. The number of hydrogen-bond donors (Lipinski definition) is 0. The van der Waals surface area contributed by atoms with Crippen LogP contribution in [0.25, 0.3) is 0 Å². The summed E-state index contributed by atoms with van der Waals surface area (Å²) >= 11 is 0. The van der Waals surface area contributed by atoms with Crippen molar-refractivity contribution in [3.63, 3.8) is 0 Å².